The average molecular weight is 412 g/mol. The topological polar surface area (TPSA) is 66.3 Å². The van der Waals surface area contributed by atoms with Gasteiger partial charge in [0.05, 0.1) is 25.1 Å². The van der Waals surface area contributed by atoms with Crippen molar-refractivity contribution in [2.24, 2.45) is 10.2 Å². The second-order valence-electron chi connectivity index (χ2n) is 7.75. The number of carbonyl (C=O) groups excluding carboxylic acids is 1. The maximum Gasteiger partial charge on any atom is 0.276 e. The third-order valence-corrected chi connectivity index (χ3v) is 5.76. The number of hydrogen-bond donors (Lipinski definition) is 1. The van der Waals surface area contributed by atoms with E-state index in [1.807, 2.05) is 36.5 Å². The lowest BCUT2D eigenvalue weighted by Crippen LogP contribution is -2.36. The Morgan fingerprint density at radius 2 is 1.74 bits per heavy atom. The fourth-order valence-corrected chi connectivity index (χ4v) is 4.28. The number of carbonyl (C=O) groups is 1. The molecule has 2 heterocycles. The highest BCUT2D eigenvalue weighted by atomic mass is 16.5. The Kier molecular flexibility index (Phi) is 5.46. The van der Waals surface area contributed by atoms with Crippen LogP contribution in [0.25, 0.3) is 6.08 Å². The van der Waals surface area contributed by atoms with E-state index in [4.69, 9.17) is 4.74 Å². The predicted octanol–water partition coefficient (Wildman–Crippen LogP) is 3.88. The molecule has 5 rings (SSSR count). The summed E-state index contributed by atoms with van der Waals surface area (Å²) in [6, 6.07) is 17.9. The molecule has 6 nitrogen and oxygen atoms in total. The molecule has 156 valence electrons. The van der Waals surface area contributed by atoms with Crippen LogP contribution in [0.2, 0.25) is 0 Å². The summed E-state index contributed by atoms with van der Waals surface area (Å²) < 4.78 is 5.56. The van der Waals surface area contributed by atoms with Crippen LogP contribution in [0.3, 0.4) is 0 Å². The van der Waals surface area contributed by atoms with Gasteiger partial charge in [-0.05, 0) is 41.7 Å². The Bertz CT molecular complexity index is 1110. The lowest BCUT2D eigenvalue weighted by Gasteiger charge is -2.31. The summed E-state index contributed by atoms with van der Waals surface area (Å²) in [5, 5.41) is 11.4. The van der Waals surface area contributed by atoms with Crippen molar-refractivity contribution in [3.8, 4) is 0 Å². The summed E-state index contributed by atoms with van der Waals surface area (Å²) in [6.07, 6.45) is 5.95. The summed E-state index contributed by atoms with van der Waals surface area (Å²) in [5.41, 5.74) is 6.82. The Balaban J connectivity index is 1.47. The molecule has 3 aliphatic rings. The van der Waals surface area contributed by atoms with Gasteiger partial charge in [-0.3, -0.25) is 4.79 Å². The van der Waals surface area contributed by atoms with Crippen molar-refractivity contribution in [2.45, 2.75) is 12.8 Å². The fourth-order valence-electron chi connectivity index (χ4n) is 4.28. The second-order valence-corrected chi connectivity index (χ2v) is 7.75. The zero-order chi connectivity index (χ0) is 21.0. The van der Waals surface area contributed by atoms with E-state index in [1.54, 1.807) is 0 Å². The minimum Gasteiger partial charge on any atom is -0.378 e. The first-order valence-electron chi connectivity index (χ1n) is 10.6. The maximum atomic E-state index is 12.3. The van der Waals surface area contributed by atoms with Crippen molar-refractivity contribution in [2.75, 3.05) is 31.6 Å². The minimum atomic E-state index is -0.211. The first-order valence-corrected chi connectivity index (χ1v) is 10.6. The number of allylic oxidation sites excluding steroid dienone is 2. The third-order valence-electron chi connectivity index (χ3n) is 5.76. The summed E-state index contributed by atoms with van der Waals surface area (Å²) in [6.45, 7) is 3.18. The van der Waals surface area contributed by atoms with E-state index in [-0.39, 0.29) is 5.91 Å². The minimum absolute atomic E-state index is 0.211. The van der Waals surface area contributed by atoms with Crippen LogP contribution in [0.4, 0.5) is 5.69 Å². The second kappa shape index (κ2) is 8.70. The van der Waals surface area contributed by atoms with E-state index in [9.17, 15) is 4.79 Å². The van der Waals surface area contributed by atoms with Crippen LogP contribution in [-0.2, 0) is 9.53 Å². The van der Waals surface area contributed by atoms with Crippen molar-refractivity contribution in [3.63, 3.8) is 0 Å². The van der Waals surface area contributed by atoms with Crippen LogP contribution in [0, 0.1) is 0 Å². The van der Waals surface area contributed by atoms with Gasteiger partial charge in [-0.15, -0.1) is 5.10 Å². The Morgan fingerprint density at radius 1 is 0.968 bits per heavy atom. The standard InChI is InChI=1S/C25H24N4O2/c30-25-23(21-8-4-5-9-22(21)27-25)28-26-17-20-11-10-19(16-18-6-2-1-3-7-18)24(20)29-12-14-31-15-13-29/h1-9,16-17H,10-15H2,(H,27,28,30). The SMILES string of the molecule is O=C1Nc2ccccc2/C1=N/N=CC1=C(N2CCOCC2)C(=Cc2ccccc2)CC1. The number of para-hydroxylation sites is 1. The summed E-state index contributed by atoms with van der Waals surface area (Å²) in [5.74, 6) is -0.211. The van der Waals surface area contributed by atoms with E-state index in [1.165, 1.54) is 16.8 Å². The number of benzene rings is 2. The van der Waals surface area contributed by atoms with Gasteiger partial charge >= 0.3 is 0 Å². The van der Waals surface area contributed by atoms with Gasteiger partial charge in [0, 0.05) is 24.4 Å². The largest absolute Gasteiger partial charge is 0.378 e. The summed E-state index contributed by atoms with van der Waals surface area (Å²) in [7, 11) is 0. The number of ether oxygens (including phenoxy) is 1. The first kappa shape index (κ1) is 19.5. The molecule has 0 aromatic heterocycles. The molecule has 1 N–H and O–H groups in total. The zero-order valence-electron chi connectivity index (χ0n) is 17.3. The van der Waals surface area contributed by atoms with Crippen LogP contribution < -0.4 is 5.32 Å². The van der Waals surface area contributed by atoms with Crippen LogP contribution in [0.5, 0.6) is 0 Å². The van der Waals surface area contributed by atoms with Gasteiger partial charge in [0.2, 0.25) is 0 Å². The molecule has 2 aromatic carbocycles. The van der Waals surface area contributed by atoms with Crippen molar-refractivity contribution < 1.29 is 9.53 Å². The molecule has 2 aliphatic heterocycles. The van der Waals surface area contributed by atoms with Gasteiger partial charge in [-0.2, -0.15) is 5.10 Å². The molecule has 0 saturated carbocycles. The van der Waals surface area contributed by atoms with Gasteiger partial charge in [0.15, 0.2) is 5.71 Å². The van der Waals surface area contributed by atoms with E-state index in [0.717, 1.165) is 56.0 Å². The van der Waals surface area contributed by atoms with E-state index in [2.05, 4.69) is 50.8 Å². The number of amides is 1. The number of fused-ring (bicyclic) bond motifs is 1. The smallest absolute Gasteiger partial charge is 0.276 e. The molecule has 1 aliphatic carbocycles. The number of hydrogen-bond acceptors (Lipinski definition) is 5. The lowest BCUT2D eigenvalue weighted by atomic mass is 10.1. The first-order chi connectivity index (χ1) is 15.3. The Hall–Kier alpha value is -3.51. The highest BCUT2D eigenvalue weighted by Gasteiger charge is 2.27. The van der Waals surface area contributed by atoms with Gasteiger partial charge in [0.25, 0.3) is 5.91 Å². The van der Waals surface area contributed by atoms with Crippen LogP contribution in [-0.4, -0.2) is 49.0 Å². The van der Waals surface area contributed by atoms with Crippen molar-refractivity contribution >= 4 is 29.6 Å². The van der Waals surface area contributed by atoms with Gasteiger partial charge in [-0.25, -0.2) is 0 Å². The predicted molar refractivity (Wildman–Crippen MR) is 123 cm³/mol. The van der Waals surface area contributed by atoms with E-state index in [0.29, 0.717) is 5.71 Å². The van der Waals surface area contributed by atoms with E-state index < -0.39 is 0 Å². The van der Waals surface area contributed by atoms with Gasteiger partial charge < -0.3 is 15.0 Å². The molecule has 0 radical (unpaired) electrons. The molecule has 6 heteroatoms. The highest BCUT2D eigenvalue weighted by molar-refractivity contribution is 6.53. The Morgan fingerprint density at radius 3 is 2.58 bits per heavy atom. The molecule has 31 heavy (non-hydrogen) atoms. The number of nitrogens with zero attached hydrogens (tertiary/aromatic N) is 3. The van der Waals surface area contributed by atoms with E-state index >= 15 is 0 Å². The monoisotopic (exact) mass is 412 g/mol. The normalized spacial score (nSPS) is 21.4. The summed E-state index contributed by atoms with van der Waals surface area (Å²) in [4.78, 5) is 14.7. The van der Waals surface area contributed by atoms with Gasteiger partial charge in [-0.1, -0.05) is 48.5 Å². The van der Waals surface area contributed by atoms with Crippen molar-refractivity contribution in [3.05, 3.63) is 82.6 Å². The van der Waals surface area contributed by atoms with Crippen molar-refractivity contribution in [1.29, 1.82) is 0 Å². The number of morpholine rings is 1. The Labute approximate surface area is 181 Å². The zero-order valence-corrected chi connectivity index (χ0v) is 17.3. The highest BCUT2D eigenvalue weighted by Crippen LogP contribution is 2.35. The number of anilines is 1. The molecule has 2 aromatic rings. The molecule has 1 fully saturated rings. The molecular formula is C25H24N4O2. The fraction of sp³-hybridized carbons (Fsp3) is 0.240. The molecule has 0 unspecified atom stereocenters. The lowest BCUT2D eigenvalue weighted by molar-refractivity contribution is -0.110. The van der Waals surface area contributed by atoms with Gasteiger partial charge in [0.1, 0.15) is 0 Å². The summed E-state index contributed by atoms with van der Waals surface area (Å²) >= 11 is 0. The molecule has 0 atom stereocenters. The molecule has 1 amide bonds. The average Bonchev–Trinajstić information content (AvgIpc) is 3.35. The quantitative estimate of drug-likeness (QED) is 0.612. The van der Waals surface area contributed by atoms with Crippen molar-refractivity contribution in [1.82, 2.24) is 4.90 Å². The maximum absolute atomic E-state index is 12.3. The molecular weight excluding hydrogens is 388 g/mol. The van der Waals surface area contributed by atoms with Crippen LogP contribution in [0.15, 0.2) is 81.6 Å². The number of rotatable bonds is 4. The van der Waals surface area contributed by atoms with Crippen LogP contribution >= 0.6 is 0 Å². The van der Waals surface area contributed by atoms with Crippen LogP contribution in [0.1, 0.15) is 24.0 Å². The molecule has 1 saturated heterocycles. The third kappa shape index (κ3) is 4.07. The molecule has 0 spiro atoms. The molecule has 0 bridgehead atoms. The number of nitrogens with one attached hydrogen (secondary N) is 1.